The Balaban J connectivity index is 1.14. The van der Waals surface area contributed by atoms with Crippen LogP contribution in [0.3, 0.4) is 0 Å². The van der Waals surface area contributed by atoms with Gasteiger partial charge in [0.25, 0.3) is 5.78 Å². The van der Waals surface area contributed by atoms with E-state index in [9.17, 15) is 13.2 Å². The van der Waals surface area contributed by atoms with Gasteiger partial charge in [0.2, 0.25) is 15.9 Å². The van der Waals surface area contributed by atoms with Crippen molar-refractivity contribution in [3.05, 3.63) is 47.4 Å². The van der Waals surface area contributed by atoms with Crippen LogP contribution in [0, 0.1) is 6.92 Å². The first-order chi connectivity index (χ1) is 16.4. The Bertz CT molecular complexity index is 1310. The summed E-state index contributed by atoms with van der Waals surface area (Å²) in [5.74, 6) is 1.41. The number of hydrogen-bond acceptors (Lipinski definition) is 7. The molecule has 34 heavy (non-hydrogen) atoms. The number of nitrogens with zero attached hydrogens (tertiary/aromatic N) is 6. The van der Waals surface area contributed by atoms with Crippen molar-refractivity contribution in [1.82, 2.24) is 29.2 Å². The number of carbonyl (C=O) groups is 1. The zero-order valence-corrected chi connectivity index (χ0v) is 20.1. The molecule has 0 spiro atoms. The topological polar surface area (TPSA) is 113 Å². The van der Waals surface area contributed by atoms with E-state index in [1.54, 1.807) is 21.5 Å². The van der Waals surface area contributed by atoms with Gasteiger partial charge in [0.05, 0.1) is 4.90 Å². The van der Waals surface area contributed by atoms with Crippen molar-refractivity contribution >= 4 is 27.5 Å². The number of anilines is 1. The highest BCUT2D eigenvalue weighted by Gasteiger charge is 2.24. The Morgan fingerprint density at radius 1 is 1.06 bits per heavy atom. The van der Waals surface area contributed by atoms with E-state index in [4.69, 9.17) is 0 Å². The number of carbonyl (C=O) groups excluding carboxylic acids is 1. The molecule has 0 radical (unpaired) electrons. The van der Waals surface area contributed by atoms with Crippen LogP contribution in [0.25, 0.3) is 5.78 Å². The van der Waals surface area contributed by atoms with Crippen LogP contribution in [0.1, 0.15) is 36.1 Å². The zero-order chi connectivity index (χ0) is 23.7. The maximum atomic E-state index is 12.7. The van der Waals surface area contributed by atoms with Crippen LogP contribution in [-0.2, 0) is 27.7 Å². The van der Waals surface area contributed by atoms with Gasteiger partial charge >= 0.3 is 0 Å². The van der Waals surface area contributed by atoms with Crippen molar-refractivity contribution in [3.8, 4) is 0 Å². The highest BCUT2D eigenvalue weighted by molar-refractivity contribution is 7.89. The molecule has 5 rings (SSSR count). The lowest BCUT2D eigenvalue weighted by Crippen LogP contribution is -2.49. The molecular weight excluding hydrogens is 454 g/mol. The molecule has 0 unspecified atom stereocenters. The quantitative estimate of drug-likeness (QED) is 0.563. The average molecular weight is 484 g/mol. The molecule has 0 atom stereocenters. The van der Waals surface area contributed by atoms with Crippen LogP contribution in [0.2, 0.25) is 0 Å². The predicted octanol–water partition coefficient (Wildman–Crippen LogP) is 1.33. The van der Waals surface area contributed by atoms with E-state index >= 15 is 0 Å². The molecule has 1 aliphatic carbocycles. The summed E-state index contributed by atoms with van der Waals surface area (Å²) in [6.07, 6.45) is 5.79. The SMILES string of the molecule is Cc1cc(N2CCN(C(=O)CCNS(=O)(=O)c3ccc4c(c3)CCCC4)CC2)n2ncnc2n1. The minimum Gasteiger partial charge on any atom is -0.353 e. The number of nitrogens with one attached hydrogen (secondary N) is 1. The smallest absolute Gasteiger partial charge is 0.254 e. The number of aryl methyl sites for hydroxylation is 3. The van der Waals surface area contributed by atoms with E-state index < -0.39 is 10.0 Å². The van der Waals surface area contributed by atoms with Crippen molar-refractivity contribution in [2.24, 2.45) is 0 Å². The fourth-order valence-corrected chi connectivity index (χ4v) is 5.81. The monoisotopic (exact) mass is 483 g/mol. The molecule has 11 heteroatoms. The molecule has 1 aromatic carbocycles. The van der Waals surface area contributed by atoms with Gasteiger partial charge in [-0.05, 0) is 55.9 Å². The minimum absolute atomic E-state index is 0.0513. The van der Waals surface area contributed by atoms with Gasteiger partial charge in [-0.1, -0.05) is 6.07 Å². The molecule has 0 saturated carbocycles. The number of aromatic nitrogens is 4. The lowest BCUT2D eigenvalue weighted by molar-refractivity contribution is -0.131. The Morgan fingerprint density at radius 2 is 1.82 bits per heavy atom. The summed E-state index contributed by atoms with van der Waals surface area (Å²) >= 11 is 0. The second kappa shape index (κ2) is 9.30. The van der Waals surface area contributed by atoms with Crippen LogP contribution in [0.15, 0.2) is 35.5 Å². The Hall–Kier alpha value is -3.05. The van der Waals surface area contributed by atoms with Crippen LogP contribution in [0.4, 0.5) is 5.82 Å². The van der Waals surface area contributed by atoms with E-state index in [1.807, 2.05) is 19.1 Å². The first-order valence-electron chi connectivity index (χ1n) is 11.7. The third-order valence-electron chi connectivity index (χ3n) is 6.58. The largest absolute Gasteiger partial charge is 0.353 e. The molecule has 2 aromatic heterocycles. The second-order valence-electron chi connectivity index (χ2n) is 8.88. The molecule has 2 aliphatic rings. The van der Waals surface area contributed by atoms with Gasteiger partial charge in [-0.3, -0.25) is 4.79 Å². The van der Waals surface area contributed by atoms with Gasteiger partial charge in [0.1, 0.15) is 12.1 Å². The van der Waals surface area contributed by atoms with Crippen LogP contribution < -0.4 is 9.62 Å². The molecular formula is C23H29N7O3S. The number of rotatable bonds is 6. The van der Waals surface area contributed by atoms with E-state index in [2.05, 4.69) is 24.7 Å². The molecule has 180 valence electrons. The summed E-state index contributed by atoms with van der Waals surface area (Å²) in [4.78, 5) is 25.5. The first kappa shape index (κ1) is 22.7. The number of hydrogen-bond donors (Lipinski definition) is 1. The Labute approximate surface area is 199 Å². The summed E-state index contributed by atoms with van der Waals surface area (Å²) in [5.41, 5.74) is 3.22. The number of amides is 1. The molecule has 3 aromatic rings. The van der Waals surface area contributed by atoms with E-state index in [0.29, 0.717) is 32.0 Å². The molecule has 3 heterocycles. The van der Waals surface area contributed by atoms with Crippen LogP contribution in [0.5, 0.6) is 0 Å². The summed E-state index contributed by atoms with van der Waals surface area (Å²) in [5, 5.41) is 4.26. The van der Waals surface area contributed by atoms with Gasteiger partial charge in [0.15, 0.2) is 0 Å². The van der Waals surface area contributed by atoms with Crippen LogP contribution in [-0.4, -0.2) is 71.5 Å². The molecule has 1 N–H and O–H groups in total. The lowest BCUT2D eigenvalue weighted by Gasteiger charge is -2.36. The normalized spacial score (nSPS) is 16.6. The fourth-order valence-electron chi connectivity index (χ4n) is 4.73. The summed E-state index contributed by atoms with van der Waals surface area (Å²) in [6, 6.07) is 7.34. The molecule has 10 nitrogen and oxygen atoms in total. The predicted molar refractivity (Wildman–Crippen MR) is 127 cm³/mol. The summed E-state index contributed by atoms with van der Waals surface area (Å²) in [6.45, 7) is 4.45. The number of sulfonamides is 1. The average Bonchev–Trinajstić information content (AvgIpc) is 3.31. The number of benzene rings is 1. The van der Waals surface area contributed by atoms with Crippen molar-refractivity contribution in [2.75, 3.05) is 37.6 Å². The molecule has 1 fully saturated rings. The first-order valence-corrected chi connectivity index (χ1v) is 13.2. The van der Waals surface area contributed by atoms with Crippen molar-refractivity contribution < 1.29 is 13.2 Å². The van der Waals surface area contributed by atoms with Gasteiger partial charge in [-0.2, -0.15) is 14.6 Å². The van der Waals surface area contributed by atoms with E-state index in [-0.39, 0.29) is 23.8 Å². The third kappa shape index (κ3) is 4.62. The highest BCUT2D eigenvalue weighted by Crippen LogP contribution is 2.24. The molecule has 1 amide bonds. The second-order valence-corrected chi connectivity index (χ2v) is 10.6. The Kier molecular flexibility index (Phi) is 6.22. The van der Waals surface area contributed by atoms with Crippen molar-refractivity contribution in [2.45, 2.75) is 43.9 Å². The van der Waals surface area contributed by atoms with E-state index in [1.165, 1.54) is 11.9 Å². The number of piperazine rings is 1. The zero-order valence-electron chi connectivity index (χ0n) is 19.3. The minimum atomic E-state index is -3.63. The molecule has 0 bridgehead atoms. The molecule has 1 aliphatic heterocycles. The third-order valence-corrected chi connectivity index (χ3v) is 8.04. The van der Waals surface area contributed by atoms with Gasteiger partial charge in [0, 0.05) is 50.9 Å². The lowest BCUT2D eigenvalue weighted by atomic mass is 9.92. The molecule has 1 saturated heterocycles. The van der Waals surface area contributed by atoms with Gasteiger partial charge in [-0.15, -0.1) is 0 Å². The maximum absolute atomic E-state index is 12.7. The summed E-state index contributed by atoms with van der Waals surface area (Å²) < 4.78 is 29.8. The van der Waals surface area contributed by atoms with E-state index in [0.717, 1.165) is 42.8 Å². The maximum Gasteiger partial charge on any atom is 0.254 e. The standard InChI is InChI=1S/C23H29N7O3S/c1-17-14-21(30-23(27-17)24-16-25-30)28-10-12-29(13-11-28)22(31)8-9-26-34(32,33)20-7-6-18-4-2-3-5-19(18)15-20/h6-7,14-16,26H,2-5,8-13H2,1H3. The van der Waals surface area contributed by atoms with Crippen LogP contribution >= 0.6 is 0 Å². The Morgan fingerprint density at radius 3 is 2.62 bits per heavy atom. The van der Waals surface area contributed by atoms with Crippen molar-refractivity contribution in [1.29, 1.82) is 0 Å². The van der Waals surface area contributed by atoms with Gasteiger partial charge in [-0.25, -0.2) is 18.1 Å². The fraction of sp³-hybridized carbons (Fsp3) is 0.478. The van der Waals surface area contributed by atoms with Gasteiger partial charge < -0.3 is 9.80 Å². The summed E-state index contributed by atoms with van der Waals surface area (Å²) in [7, 11) is -3.63. The number of fused-ring (bicyclic) bond motifs is 2. The highest BCUT2D eigenvalue weighted by atomic mass is 32.2. The van der Waals surface area contributed by atoms with Crippen molar-refractivity contribution in [3.63, 3.8) is 0 Å².